The van der Waals surface area contributed by atoms with Gasteiger partial charge in [-0.25, -0.2) is 4.79 Å². The Morgan fingerprint density at radius 2 is 1.76 bits per heavy atom. The molecule has 0 aromatic heterocycles. The highest BCUT2D eigenvalue weighted by molar-refractivity contribution is 6.21. The third-order valence-corrected chi connectivity index (χ3v) is 4.42. The second-order valence-electron chi connectivity index (χ2n) is 6.40. The number of amides is 3. The van der Waals surface area contributed by atoms with Gasteiger partial charge in [-0.3, -0.25) is 19.3 Å². The SMILES string of the molecule is CCOc1ccccc1NC(=O)C(C)OC(=O)c1ccc2c(c1)C(=O)N(C)C2=O. The number of ether oxygens (including phenoxy) is 2. The molecule has 29 heavy (non-hydrogen) atoms. The second-order valence-corrected chi connectivity index (χ2v) is 6.40. The van der Waals surface area contributed by atoms with Gasteiger partial charge in [0.15, 0.2) is 6.10 Å². The van der Waals surface area contributed by atoms with E-state index < -0.39 is 29.8 Å². The molecule has 0 radical (unpaired) electrons. The molecule has 8 nitrogen and oxygen atoms in total. The second kappa shape index (κ2) is 8.14. The van der Waals surface area contributed by atoms with Gasteiger partial charge in [-0.2, -0.15) is 0 Å². The summed E-state index contributed by atoms with van der Waals surface area (Å²) >= 11 is 0. The van der Waals surface area contributed by atoms with Crippen molar-refractivity contribution >= 4 is 29.4 Å². The number of nitrogens with one attached hydrogen (secondary N) is 1. The molecule has 1 atom stereocenters. The molecular formula is C21H20N2O6. The summed E-state index contributed by atoms with van der Waals surface area (Å²) in [5.74, 6) is -1.71. The van der Waals surface area contributed by atoms with Gasteiger partial charge < -0.3 is 14.8 Å². The first-order valence-corrected chi connectivity index (χ1v) is 9.03. The number of carbonyl (C=O) groups is 4. The van der Waals surface area contributed by atoms with Gasteiger partial charge in [-0.15, -0.1) is 0 Å². The van der Waals surface area contributed by atoms with E-state index in [-0.39, 0.29) is 16.7 Å². The first-order valence-electron chi connectivity index (χ1n) is 9.03. The Kier molecular flexibility index (Phi) is 5.63. The van der Waals surface area contributed by atoms with E-state index in [9.17, 15) is 19.2 Å². The zero-order valence-corrected chi connectivity index (χ0v) is 16.2. The molecule has 2 aromatic rings. The molecule has 150 valence electrons. The molecular weight excluding hydrogens is 376 g/mol. The fourth-order valence-corrected chi connectivity index (χ4v) is 2.86. The third kappa shape index (κ3) is 3.96. The van der Waals surface area contributed by atoms with Crippen molar-refractivity contribution in [3.05, 3.63) is 59.2 Å². The van der Waals surface area contributed by atoms with Crippen molar-refractivity contribution < 1.29 is 28.7 Å². The maximum absolute atomic E-state index is 12.4. The Bertz CT molecular complexity index is 1000. The minimum atomic E-state index is -1.09. The normalized spacial score (nSPS) is 13.7. The molecule has 0 aliphatic carbocycles. The van der Waals surface area contributed by atoms with Gasteiger partial charge in [0.05, 0.1) is 29.0 Å². The predicted molar refractivity (Wildman–Crippen MR) is 104 cm³/mol. The zero-order chi connectivity index (χ0) is 21.1. The molecule has 0 fully saturated rings. The molecule has 1 aliphatic rings. The quantitative estimate of drug-likeness (QED) is 0.595. The van der Waals surface area contributed by atoms with Crippen LogP contribution in [0.5, 0.6) is 5.75 Å². The zero-order valence-electron chi connectivity index (χ0n) is 16.2. The van der Waals surface area contributed by atoms with Crippen LogP contribution in [-0.4, -0.2) is 48.3 Å². The molecule has 1 N–H and O–H groups in total. The number of esters is 1. The van der Waals surface area contributed by atoms with E-state index in [1.807, 2.05) is 6.92 Å². The maximum atomic E-state index is 12.4. The Balaban J connectivity index is 1.69. The summed E-state index contributed by atoms with van der Waals surface area (Å²) in [4.78, 5) is 49.8. The van der Waals surface area contributed by atoms with Crippen LogP contribution >= 0.6 is 0 Å². The summed E-state index contributed by atoms with van der Waals surface area (Å²) in [6.07, 6.45) is -1.09. The number of fused-ring (bicyclic) bond motifs is 1. The largest absolute Gasteiger partial charge is 0.492 e. The van der Waals surface area contributed by atoms with Crippen molar-refractivity contribution in [3.63, 3.8) is 0 Å². The minimum absolute atomic E-state index is 0.0783. The maximum Gasteiger partial charge on any atom is 0.338 e. The van der Waals surface area contributed by atoms with Gasteiger partial charge in [0.25, 0.3) is 17.7 Å². The van der Waals surface area contributed by atoms with E-state index in [4.69, 9.17) is 9.47 Å². The minimum Gasteiger partial charge on any atom is -0.492 e. The van der Waals surface area contributed by atoms with E-state index in [0.717, 1.165) is 4.90 Å². The topological polar surface area (TPSA) is 102 Å². The van der Waals surface area contributed by atoms with Crippen molar-refractivity contribution in [2.24, 2.45) is 0 Å². The van der Waals surface area contributed by atoms with Crippen LogP contribution in [0, 0.1) is 0 Å². The number of para-hydroxylation sites is 2. The van der Waals surface area contributed by atoms with Gasteiger partial charge in [-0.1, -0.05) is 12.1 Å². The van der Waals surface area contributed by atoms with E-state index in [1.54, 1.807) is 24.3 Å². The highest BCUT2D eigenvalue weighted by Gasteiger charge is 2.33. The fourth-order valence-electron chi connectivity index (χ4n) is 2.86. The van der Waals surface area contributed by atoms with Crippen LogP contribution in [0.1, 0.15) is 44.9 Å². The van der Waals surface area contributed by atoms with Crippen LogP contribution in [0.2, 0.25) is 0 Å². The number of anilines is 1. The van der Waals surface area contributed by atoms with Crippen molar-refractivity contribution in [2.45, 2.75) is 20.0 Å². The predicted octanol–water partition coefficient (Wildman–Crippen LogP) is 2.50. The molecule has 2 aromatic carbocycles. The van der Waals surface area contributed by atoms with Crippen LogP contribution in [0.15, 0.2) is 42.5 Å². The van der Waals surface area contributed by atoms with E-state index >= 15 is 0 Å². The summed E-state index contributed by atoms with van der Waals surface area (Å²) in [6, 6.07) is 11.0. The third-order valence-electron chi connectivity index (χ3n) is 4.42. The lowest BCUT2D eigenvalue weighted by atomic mass is 10.1. The number of hydrogen-bond donors (Lipinski definition) is 1. The number of imide groups is 1. The van der Waals surface area contributed by atoms with Gasteiger partial charge in [0.2, 0.25) is 0 Å². The van der Waals surface area contributed by atoms with Crippen LogP contribution in [0.4, 0.5) is 5.69 Å². The summed E-state index contributed by atoms with van der Waals surface area (Å²) < 4.78 is 10.7. The molecule has 1 heterocycles. The molecule has 0 bridgehead atoms. The van der Waals surface area contributed by atoms with Gasteiger partial charge in [0, 0.05) is 7.05 Å². The van der Waals surface area contributed by atoms with E-state index in [1.165, 1.54) is 32.2 Å². The van der Waals surface area contributed by atoms with Crippen molar-refractivity contribution in [1.29, 1.82) is 0 Å². The average molecular weight is 396 g/mol. The molecule has 3 amide bonds. The highest BCUT2D eigenvalue weighted by atomic mass is 16.5. The number of benzene rings is 2. The molecule has 8 heteroatoms. The molecule has 0 saturated heterocycles. The van der Waals surface area contributed by atoms with Crippen molar-refractivity contribution in [1.82, 2.24) is 4.90 Å². The highest BCUT2D eigenvalue weighted by Crippen LogP contribution is 2.25. The summed E-state index contributed by atoms with van der Waals surface area (Å²) in [7, 11) is 1.37. The van der Waals surface area contributed by atoms with Crippen LogP contribution in [-0.2, 0) is 9.53 Å². The van der Waals surface area contributed by atoms with E-state index in [2.05, 4.69) is 5.32 Å². The van der Waals surface area contributed by atoms with Gasteiger partial charge in [-0.05, 0) is 44.2 Å². The molecule has 0 spiro atoms. The first-order chi connectivity index (χ1) is 13.8. The van der Waals surface area contributed by atoms with Gasteiger partial charge in [0.1, 0.15) is 5.75 Å². The lowest BCUT2D eigenvalue weighted by Crippen LogP contribution is -2.30. The van der Waals surface area contributed by atoms with E-state index in [0.29, 0.717) is 18.0 Å². The van der Waals surface area contributed by atoms with Crippen LogP contribution in [0.25, 0.3) is 0 Å². The average Bonchev–Trinajstić information content (AvgIpc) is 2.93. The number of nitrogens with zero attached hydrogens (tertiary/aromatic N) is 1. The fraction of sp³-hybridized carbons (Fsp3) is 0.238. The Labute approximate surface area is 167 Å². The Hall–Kier alpha value is -3.68. The summed E-state index contributed by atoms with van der Waals surface area (Å²) in [6.45, 7) is 3.70. The Morgan fingerprint density at radius 3 is 2.48 bits per heavy atom. The van der Waals surface area contributed by atoms with Crippen molar-refractivity contribution in [2.75, 3.05) is 19.0 Å². The molecule has 1 unspecified atom stereocenters. The van der Waals surface area contributed by atoms with Crippen molar-refractivity contribution in [3.8, 4) is 5.75 Å². The smallest absolute Gasteiger partial charge is 0.338 e. The van der Waals surface area contributed by atoms with Crippen LogP contribution in [0.3, 0.4) is 0 Å². The monoisotopic (exact) mass is 396 g/mol. The number of rotatable bonds is 6. The van der Waals surface area contributed by atoms with Crippen LogP contribution < -0.4 is 10.1 Å². The number of carbonyl (C=O) groups excluding carboxylic acids is 4. The standard InChI is InChI=1S/C21H20N2O6/c1-4-28-17-8-6-5-7-16(17)22-18(24)12(2)29-21(27)13-9-10-14-15(11-13)20(26)23(3)19(14)25/h5-12H,4H2,1-3H3,(H,22,24). The molecule has 0 saturated carbocycles. The molecule has 1 aliphatic heterocycles. The van der Waals surface area contributed by atoms with Gasteiger partial charge >= 0.3 is 5.97 Å². The summed E-state index contributed by atoms with van der Waals surface area (Å²) in [5, 5.41) is 2.67. The first kappa shape index (κ1) is 20.1. The Morgan fingerprint density at radius 1 is 1.07 bits per heavy atom. The number of hydrogen-bond acceptors (Lipinski definition) is 6. The molecule has 3 rings (SSSR count). The lowest BCUT2D eigenvalue weighted by molar-refractivity contribution is -0.123. The lowest BCUT2D eigenvalue weighted by Gasteiger charge is -2.15. The summed E-state index contributed by atoms with van der Waals surface area (Å²) in [5.41, 5.74) is 0.906.